The fourth-order valence-corrected chi connectivity index (χ4v) is 2.67. The van der Waals surface area contributed by atoms with Crippen LogP contribution in [0.5, 0.6) is 0 Å². The van der Waals surface area contributed by atoms with E-state index in [9.17, 15) is 0 Å². The van der Waals surface area contributed by atoms with E-state index in [0.717, 1.165) is 18.7 Å². The lowest BCUT2D eigenvalue weighted by molar-refractivity contribution is 0.365. The molecule has 1 aromatic heterocycles. The van der Waals surface area contributed by atoms with E-state index in [1.807, 2.05) is 30.5 Å². The highest BCUT2D eigenvalue weighted by Gasteiger charge is 2.04. The highest BCUT2D eigenvalue weighted by molar-refractivity contribution is 5.82. The molecule has 0 fully saturated rings. The van der Waals surface area contributed by atoms with Crippen molar-refractivity contribution in [3.8, 4) is 6.07 Å². The van der Waals surface area contributed by atoms with E-state index in [4.69, 9.17) is 5.26 Å². The molecule has 2 aromatic carbocycles. The zero-order chi connectivity index (χ0) is 16.1. The van der Waals surface area contributed by atoms with Gasteiger partial charge in [-0.2, -0.15) is 5.26 Å². The van der Waals surface area contributed by atoms with Crippen LogP contribution < -0.4 is 0 Å². The third-order valence-electron chi connectivity index (χ3n) is 3.88. The number of rotatable bonds is 5. The Morgan fingerprint density at radius 2 is 1.96 bits per heavy atom. The molecule has 0 amide bonds. The largest absolute Gasteiger partial charge is 0.361 e. The highest BCUT2D eigenvalue weighted by Crippen LogP contribution is 2.18. The van der Waals surface area contributed by atoms with E-state index in [-0.39, 0.29) is 0 Å². The van der Waals surface area contributed by atoms with Gasteiger partial charge in [0.1, 0.15) is 0 Å². The predicted molar refractivity (Wildman–Crippen MR) is 94.8 cm³/mol. The summed E-state index contributed by atoms with van der Waals surface area (Å²) in [5.41, 5.74) is 4.33. The first-order valence-electron chi connectivity index (χ1n) is 7.66. The molecule has 0 saturated carbocycles. The zero-order valence-electron chi connectivity index (χ0n) is 13.2. The summed E-state index contributed by atoms with van der Waals surface area (Å²) in [4.78, 5) is 5.59. The molecule has 3 nitrogen and oxygen atoms in total. The molecule has 3 aromatic rings. The van der Waals surface area contributed by atoms with Crippen LogP contribution in [0, 0.1) is 11.3 Å². The summed E-state index contributed by atoms with van der Waals surface area (Å²) in [6, 6.07) is 18.2. The third kappa shape index (κ3) is 3.68. The first-order chi connectivity index (χ1) is 11.3. The number of likely N-dealkylation sites (N-methyl/N-ethyl adjacent to an activating group) is 1. The van der Waals surface area contributed by atoms with Crippen LogP contribution >= 0.6 is 0 Å². The van der Waals surface area contributed by atoms with Crippen LogP contribution in [-0.2, 0) is 6.54 Å². The van der Waals surface area contributed by atoms with E-state index in [0.29, 0.717) is 5.56 Å². The van der Waals surface area contributed by atoms with Crippen molar-refractivity contribution >= 4 is 17.0 Å². The Bertz CT molecular complexity index is 850. The van der Waals surface area contributed by atoms with Gasteiger partial charge in [-0.25, -0.2) is 0 Å². The van der Waals surface area contributed by atoms with Crippen molar-refractivity contribution in [1.29, 1.82) is 5.26 Å². The van der Waals surface area contributed by atoms with Crippen LogP contribution in [-0.4, -0.2) is 23.5 Å². The summed E-state index contributed by atoms with van der Waals surface area (Å²) in [5, 5.41) is 10.1. The van der Waals surface area contributed by atoms with Gasteiger partial charge in [0.2, 0.25) is 0 Å². The number of fused-ring (bicyclic) bond motifs is 1. The van der Waals surface area contributed by atoms with E-state index >= 15 is 0 Å². The fraction of sp³-hybridized carbons (Fsp3) is 0.150. The van der Waals surface area contributed by atoms with Gasteiger partial charge in [-0.1, -0.05) is 42.5 Å². The Hall–Kier alpha value is -2.83. The van der Waals surface area contributed by atoms with Gasteiger partial charge in [0.15, 0.2) is 0 Å². The van der Waals surface area contributed by atoms with Crippen LogP contribution in [0.25, 0.3) is 17.0 Å². The van der Waals surface area contributed by atoms with Gasteiger partial charge >= 0.3 is 0 Å². The van der Waals surface area contributed by atoms with E-state index in [1.54, 1.807) is 0 Å². The number of hydrogen-bond donors (Lipinski definition) is 1. The summed E-state index contributed by atoms with van der Waals surface area (Å²) in [6.07, 6.45) is 6.22. The van der Waals surface area contributed by atoms with Crippen molar-refractivity contribution in [2.75, 3.05) is 13.6 Å². The normalized spacial score (nSPS) is 11.3. The summed E-state index contributed by atoms with van der Waals surface area (Å²) >= 11 is 0. The molecule has 0 spiro atoms. The average molecular weight is 301 g/mol. The minimum atomic E-state index is 0.693. The number of hydrogen-bond acceptors (Lipinski definition) is 2. The van der Waals surface area contributed by atoms with Crippen LogP contribution in [0.15, 0.2) is 60.8 Å². The topological polar surface area (TPSA) is 42.8 Å². The summed E-state index contributed by atoms with van der Waals surface area (Å²) < 4.78 is 0. The molecule has 1 heterocycles. The molecule has 114 valence electrons. The Balaban J connectivity index is 1.61. The molecule has 3 rings (SSSR count). The number of H-pyrrole nitrogens is 1. The molecule has 23 heavy (non-hydrogen) atoms. The second-order valence-corrected chi connectivity index (χ2v) is 5.69. The second-order valence-electron chi connectivity index (χ2n) is 5.69. The number of benzene rings is 2. The van der Waals surface area contributed by atoms with Crippen molar-refractivity contribution in [1.82, 2.24) is 9.88 Å². The number of para-hydroxylation sites is 1. The van der Waals surface area contributed by atoms with E-state index < -0.39 is 0 Å². The summed E-state index contributed by atoms with van der Waals surface area (Å²) in [6.45, 7) is 1.77. The average Bonchev–Trinajstić information content (AvgIpc) is 3.05. The Morgan fingerprint density at radius 3 is 2.74 bits per heavy atom. The van der Waals surface area contributed by atoms with Crippen molar-refractivity contribution in [2.24, 2.45) is 0 Å². The number of aromatic amines is 1. The first-order valence-corrected chi connectivity index (χ1v) is 7.66. The quantitative estimate of drug-likeness (QED) is 0.768. The first kappa shape index (κ1) is 15.1. The molecule has 0 aliphatic heterocycles. The van der Waals surface area contributed by atoms with Gasteiger partial charge in [-0.05, 0) is 41.8 Å². The molecule has 3 heteroatoms. The molecular weight excluding hydrogens is 282 g/mol. The van der Waals surface area contributed by atoms with Crippen LogP contribution in [0.3, 0.4) is 0 Å². The second kappa shape index (κ2) is 6.95. The van der Waals surface area contributed by atoms with Crippen molar-refractivity contribution < 1.29 is 0 Å². The molecule has 0 atom stereocenters. The van der Waals surface area contributed by atoms with Crippen LogP contribution in [0.1, 0.15) is 16.7 Å². The molecule has 0 aliphatic carbocycles. The smallest absolute Gasteiger partial charge is 0.0991 e. The van der Waals surface area contributed by atoms with Gasteiger partial charge in [-0.15, -0.1) is 0 Å². The van der Waals surface area contributed by atoms with Gasteiger partial charge < -0.3 is 4.98 Å². The lowest BCUT2D eigenvalue weighted by atomic mass is 10.1. The Kier molecular flexibility index (Phi) is 4.56. The molecule has 0 unspecified atom stereocenters. The minimum Gasteiger partial charge on any atom is -0.361 e. The molecule has 1 N–H and O–H groups in total. The Labute approximate surface area is 136 Å². The predicted octanol–water partition coefficient (Wildman–Crippen LogP) is 4.18. The highest BCUT2D eigenvalue weighted by atomic mass is 15.1. The van der Waals surface area contributed by atoms with E-state index in [1.165, 1.54) is 16.5 Å². The SMILES string of the molecule is CN(CC=Cc1ccc(C#N)cc1)Cc1cccc2cc[nH]c12. The summed E-state index contributed by atoms with van der Waals surface area (Å²) in [7, 11) is 2.12. The fourth-order valence-electron chi connectivity index (χ4n) is 2.67. The maximum absolute atomic E-state index is 8.80. The lowest BCUT2D eigenvalue weighted by Crippen LogP contribution is -2.17. The van der Waals surface area contributed by atoms with Crippen LogP contribution in [0.4, 0.5) is 0 Å². The maximum Gasteiger partial charge on any atom is 0.0991 e. The monoisotopic (exact) mass is 301 g/mol. The summed E-state index contributed by atoms with van der Waals surface area (Å²) in [5.74, 6) is 0. The number of aromatic nitrogens is 1. The van der Waals surface area contributed by atoms with Gasteiger partial charge in [0.25, 0.3) is 0 Å². The maximum atomic E-state index is 8.80. The van der Waals surface area contributed by atoms with Gasteiger partial charge in [-0.3, -0.25) is 4.90 Å². The third-order valence-corrected chi connectivity index (χ3v) is 3.88. The van der Waals surface area contributed by atoms with E-state index in [2.05, 4.69) is 59.4 Å². The Morgan fingerprint density at radius 1 is 1.13 bits per heavy atom. The number of nitrogens with one attached hydrogen (secondary N) is 1. The lowest BCUT2D eigenvalue weighted by Gasteiger charge is -2.15. The van der Waals surface area contributed by atoms with Crippen molar-refractivity contribution in [3.63, 3.8) is 0 Å². The van der Waals surface area contributed by atoms with Gasteiger partial charge in [0.05, 0.1) is 11.6 Å². The molecule has 0 saturated heterocycles. The molecule has 0 bridgehead atoms. The number of nitriles is 1. The number of nitrogens with zero attached hydrogens (tertiary/aromatic N) is 2. The minimum absolute atomic E-state index is 0.693. The standard InChI is InChI=1S/C20H19N3/c1-23(13-3-4-16-7-9-17(14-21)10-8-16)15-19-6-2-5-18-11-12-22-20(18)19/h2-12,22H,13,15H2,1H3. The molecule has 0 aliphatic rings. The van der Waals surface area contributed by atoms with Gasteiger partial charge in [0, 0.05) is 24.8 Å². The molecular formula is C20H19N3. The zero-order valence-corrected chi connectivity index (χ0v) is 13.2. The van der Waals surface area contributed by atoms with Crippen molar-refractivity contribution in [2.45, 2.75) is 6.54 Å². The van der Waals surface area contributed by atoms with Crippen LogP contribution in [0.2, 0.25) is 0 Å². The molecule has 0 radical (unpaired) electrons. The van der Waals surface area contributed by atoms with Crippen molar-refractivity contribution in [3.05, 3.63) is 77.5 Å².